The number of amides is 1. The van der Waals surface area contributed by atoms with Crippen molar-refractivity contribution < 1.29 is 9.53 Å². The molecule has 0 aromatic carbocycles. The van der Waals surface area contributed by atoms with Crippen LogP contribution in [0.3, 0.4) is 0 Å². The lowest BCUT2D eigenvalue weighted by Crippen LogP contribution is -2.36. The molecule has 0 aromatic heterocycles. The van der Waals surface area contributed by atoms with Gasteiger partial charge in [-0.1, -0.05) is 6.92 Å². The molecule has 4 heteroatoms. The van der Waals surface area contributed by atoms with Gasteiger partial charge in [0.1, 0.15) is 5.60 Å². The van der Waals surface area contributed by atoms with Gasteiger partial charge in [0.25, 0.3) is 0 Å². The van der Waals surface area contributed by atoms with Crippen molar-refractivity contribution in [1.29, 1.82) is 0 Å². The minimum absolute atomic E-state index is 0.195. The van der Waals surface area contributed by atoms with Gasteiger partial charge in [-0.3, -0.25) is 0 Å². The van der Waals surface area contributed by atoms with Crippen molar-refractivity contribution in [1.82, 2.24) is 4.90 Å². The zero-order valence-corrected chi connectivity index (χ0v) is 10.8. The molecule has 1 saturated heterocycles. The molecule has 1 rings (SSSR count). The Bertz CT molecular complexity index is 248. The van der Waals surface area contributed by atoms with Crippen LogP contribution in [0.1, 0.15) is 34.1 Å². The summed E-state index contributed by atoms with van der Waals surface area (Å²) in [6, 6.07) is 0. The molecular formula is C12H24N2O2. The van der Waals surface area contributed by atoms with Crippen LogP contribution in [0.5, 0.6) is 0 Å². The third-order valence-corrected chi connectivity index (χ3v) is 3.05. The van der Waals surface area contributed by atoms with Gasteiger partial charge >= 0.3 is 6.09 Å². The zero-order chi connectivity index (χ0) is 12.3. The molecule has 0 spiro atoms. The van der Waals surface area contributed by atoms with Gasteiger partial charge in [0.2, 0.25) is 0 Å². The average Bonchev–Trinajstić information content (AvgIpc) is 2.62. The van der Waals surface area contributed by atoms with E-state index in [1.807, 2.05) is 20.8 Å². The van der Waals surface area contributed by atoms with E-state index in [1.165, 1.54) is 0 Å². The van der Waals surface area contributed by atoms with Crippen molar-refractivity contribution in [2.75, 3.05) is 19.6 Å². The number of carbonyl (C=O) groups excluding carboxylic acids is 1. The first kappa shape index (κ1) is 13.3. The number of nitrogens with zero attached hydrogens (tertiary/aromatic N) is 1. The second-order valence-electron chi connectivity index (χ2n) is 5.69. The van der Waals surface area contributed by atoms with Crippen molar-refractivity contribution in [3.63, 3.8) is 0 Å². The quantitative estimate of drug-likeness (QED) is 0.784. The van der Waals surface area contributed by atoms with Crippen LogP contribution in [0, 0.1) is 11.8 Å². The van der Waals surface area contributed by atoms with Crippen LogP contribution in [-0.2, 0) is 4.74 Å². The molecule has 0 aromatic rings. The Morgan fingerprint density at radius 2 is 2.19 bits per heavy atom. The van der Waals surface area contributed by atoms with E-state index in [2.05, 4.69) is 6.92 Å². The van der Waals surface area contributed by atoms with Crippen LogP contribution in [0.4, 0.5) is 4.79 Å². The third kappa shape index (κ3) is 3.67. The fourth-order valence-electron chi connectivity index (χ4n) is 1.94. The Morgan fingerprint density at radius 1 is 1.56 bits per heavy atom. The first-order valence-electron chi connectivity index (χ1n) is 6.01. The standard InChI is InChI=1S/C12H24N2O2/c1-9(7-13)10-5-6-14(8-10)11(15)16-12(2,3)4/h9-10H,5-8,13H2,1-4H3. The van der Waals surface area contributed by atoms with Crippen LogP contribution in [0.2, 0.25) is 0 Å². The molecule has 4 nitrogen and oxygen atoms in total. The summed E-state index contributed by atoms with van der Waals surface area (Å²) in [7, 11) is 0. The molecule has 0 radical (unpaired) electrons. The van der Waals surface area contributed by atoms with Crippen LogP contribution < -0.4 is 5.73 Å². The minimum Gasteiger partial charge on any atom is -0.444 e. The number of hydrogen-bond donors (Lipinski definition) is 1. The molecule has 0 saturated carbocycles. The van der Waals surface area contributed by atoms with E-state index in [-0.39, 0.29) is 6.09 Å². The highest BCUT2D eigenvalue weighted by Gasteiger charge is 2.31. The van der Waals surface area contributed by atoms with Gasteiger partial charge in [0.15, 0.2) is 0 Å². The summed E-state index contributed by atoms with van der Waals surface area (Å²) in [6.45, 7) is 10.1. The average molecular weight is 228 g/mol. The molecule has 1 heterocycles. The summed E-state index contributed by atoms with van der Waals surface area (Å²) in [5.41, 5.74) is 5.23. The van der Waals surface area contributed by atoms with Crippen LogP contribution >= 0.6 is 0 Å². The van der Waals surface area contributed by atoms with E-state index >= 15 is 0 Å². The van der Waals surface area contributed by atoms with E-state index in [1.54, 1.807) is 4.90 Å². The van der Waals surface area contributed by atoms with E-state index in [4.69, 9.17) is 10.5 Å². The Kier molecular flexibility index (Phi) is 4.19. The summed E-state index contributed by atoms with van der Waals surface area (Å²) in [5.74, 6) is 1.00. The molecule has 94 valence electrons. The lowest BCUT2D eigenvalue weighted by atomic mass is 9.94. The van der Waals surface area contributed by atoms with Crippen molar-refractivity contribution in [2.24, 2.45) is 17.6 Å². The van der Waals surface area contributed by atoms with Gasteiger partial charge in [0, 0.05) is 13.1 Å². The number of ether oxygens (including phenoxy) is 1. The second-order valence-corrected chi connectivity index (χ2v) is 5.69. The molecular weight excluding hydrogens is 204 g/mol. The van der Waals surface area contributed by atoms with E-state index in [0.29, 0.717) is 18.4 Å². The maximum atomic E-state index is 11.8. The van der Waals surface area contributed by atoms with Gasteiger partial charge < -0.3 is 15.4 Å². The Balaban J connectivity index is 2.44. The summed E-state index contributed by atoms with van der Waals surface area (Å²) >= 11 is 0. The van der Waals surface area contributed by atoms with Crippen molar-refractivity contribution in [3.05, 3.63) is 0 Å². The fraction of sp³-hybridized carbons (Fsp3) is 0.917. The lowest BCUT2D eigenvalue weighted by Gasteiger charge is -2.25. The Hall–Kier alpha value is -0.770. The topological polar surface area (TPSA) is 55.6 Å². The maximum Gasteiger partial charge on any atom is 0.410 e. The summed E-state index contributed by atoms with van der Waals surface area (Å²) in [6.07, 6.45) is 0.844. The maximum absolute atomic E-state index is 11.8. The number of likely N-dealkylation sites (tertiary alicyclic amines) is 1. The van der Waals surface area contributed by atoms with E-state index in [0.717, 1.165) is 19.5 Å². The Labute approximate surface area is 98.1 Å². The molecule has 1 aliphatic heterocycles. The molecule has 16 heavy (non-hydrogen) atoms. The molecule has 2 N–H and O–H groups in total. The summed E-state index contributed by atoms with van der Waals surface area (Å²) in [5, 5.41) is 0. The smallest absolute Gasteiger partial charge is 0.410 e. The third-order valence-electron chi connectivity index (χ3n) is 3.05. The fourth-order valence-corrected chi connectivity index (χ4v) is 1.94. The van der Waals surface area contributed by atoms with Crippen LogP contribution in [0.25, 0.3) is 0 Å². The van der Waals surface area contributed by atoms with Gasteiger partial charge in [-0.25, -0.2) is 4.79 Å². The van der Waals surface area contributed by atoms with Gasteiger partial charge in [-0.2, -0.15) is 0 Å². The summed E-state index contributed by atoms with van der Waals surface area (Å²) in [4.78, 5) is 13.6. The molecule has 2 atom stereocenters. The van der Waals surface area contributed by atoms with Crippen LogP contribution in [0.15, 0.2) is 0 Å². The molecule has 0 bridgehead atoms. The monoisotopic (exact) mass is 228 g/mol. The van der Waals surface area contributed by atoms with E-state index < -0.39 is 5.60 Å². The minimum atomic E-state index is -0.408. The van der Waals surface area contributed by atoms with Crippen molar-refractivity contribution >= 4 is 6.09 Å². The number of carbonyl (C=O) groups is 1. The van der Waals surface area contributed by atoms with Crippen molar-refractivity contribution in [2.45, 2.75) is 39.7 Å². The molecule has 2 unspecified atom stereocenters. The molecule has 1 amide bonds. The van der Waals surface area contributed by atoms with Crippen molar-refractivity contribution in [3.8, 4) is 0 Å². The molecule has 0 aliphatic carbocycles. The largest absolute Gasteiger partial charge is 0.444 e. The first-order valence-corrected chi connectivity index (χ1v) is 6.01. The number of rotatable bonds is 2. The SMILES string of the molecule is CC(CN)C1CCN(C(=O)OC(C)(C)C)C1. The lowest BCUT2D eigenvalue weighted by molar-refractivity contribution is 0.0284. The van der Waals surface area contributed by atoms with E-state index in [9.17, 15) is 4.79 Å². The van der Waals surface area contributed by atoms with Gasteiger partial charge in [0.05, 0.1) is 0 Å². The van der Waals surface area contributed by atoms with Gasteiger partial charge in [-0.05, 0) is 45.6 Å². The number of nitrogens with two attached hydrogens (primary N) is 1. The molecule has 1 fully saturated rings. The first-order chi connectivity index (χ1) is 7.33. The number of hydrogen-bond acceptors (Lipinski definition) is 3. The highest BCUT2D eigenvalue weighted by molar-refractivity contribution is 5.68. The zero-order valence-electron chi connectivity index (χ0n) is 10.8. The highest BCUT2D eigenvalue weighted by Crippen LogP contribution is 2.24. The second kappa shape index (κ2) is 5.04. The predicted molar refractivity (Wildman–Crippen MR) is 64.1 cm³/mol. The predicted octanol–water partition coefficient (Wildman–Crippen LogP) is 1.84. The summed E-state index contributed by atoms with van der Waals surface area (Å²) < 4.78 is 5.34. The highest BCUT2D eigenvalue weighted by atomic mass is 16.6. The normalized spacial score (nSPS) is 23.3. The van der Waals surface area contributed by atoms with Crippen LogP contribution in [-0.4, -0.2) is 36.2 Å². The Morgan fingerprint density at radius 3 is 2.69 bits per heavy atom. The molecule has 1 aliphatic rings. The van der Waals surface area contributed by atoms with Gasteiger partial charge in [-0.15, -0.1) is 0 Å².